The Bertz CT molecular complexity index is 1120. The maximum Gasteiger partial charge on any atom is 0.306 e. The van der Waals surface area contributed by atoms with E-state index >= 15 is 0 Å². The summed E-state index contributed by atoms with van der Waals surface area (Å²) in [6.45, 7) is 2.39. The lowest BCUT2D eigenvalue weighted by Gasteiger charge is -2.02. The summed E-state index contributed by atoms with van der Waals surface area (Å²) in [4.78, 5) is 13.5. The van der Waals surface area contributed by atoms with E-state index in [0.29, 0.717) is 24.7 Å². The second-order valence-electron chi connectivity index (χ2n) is 6.71. The number of hydrogen-bond donors (Lipinski definition) is 0. The van der Waals surface area contributed by atoms with Crippen molar-refractivity contribution in [1.82, 2.24) is 30.4 Å². The molecule has 2 aromatic carbocycles. The molecule has 0 spiro atoms. The van der Waals surface area contributed by atoms with Gasteiger partial charge in [-0.05, 0) is 30.7 Å². The zero-order valence-corrected chi connectivity index (χ0v) is 16.4. The summed E-state index contributed by atoms with van der Waals surface area (Å²) in [6.07, 6.45) is 0.753. The van der Waals surface area contributed by atoms with Gasteiger partial charge in [0, 0.05) is 17.5 Å². The fraction of sp³-hybridized carbons (Fsp3) is 0.238. The number of benzene rings is 2. The number of ether oxygens (including phenoxy) is 1. The van der Waals surface area contributed by atoms with Crippen LogP contribution in [0.5, 0.6) is 0 Å². The van der Waals surface area contributed by atoms with Gasteiger partial charge in [-0.25, -0.2) is 0 Å². The predicted octanol–water partition coefficient (Wildman–Crippen LogP) is 3.22. The first kappa shape index (κ1) is 19.4. The highest BCUT2D eigenvalue weighted by Gasteiger charge is 2.12. The Kier molecular flexibility index (Phi) is 5.88. The Labute approximate surface area is 172 Å². The van der Waals surface area contributed by atoms with Crippen molar-refractivity contribution < 1.29 is 13.9 Å². The first-order valence-corrected chi connectivity index (χ1v) is 9.55. The summed E-state index contributed by atoms with van der Waals surface area (Å²) in [5, 5.41) is 20.3. The van der Waals surface area contributed by atoms with Gasteiger partial charge in [-0.2, -0.15) is 4.80 Å². The third kappa shape index (κ3) is 4.93. The van der Waals surface area contributed by atoms with Gasteiger partial charge in [0.05, 0.1) is 6.54 Å². The molecule has 152 valence electrons. The first-order chi connectivity index (χ1) is 14.7. The van der Waals surface area contributed by atoms with E-state index in [1.54, 1.807) is 0 Å². The van der Waals surface area contributed by atoms with Gasteiger partial charge >= 0.3 is 5.97 Å². The molecule has 0 amide bonds. The number of aryl methyl sites for hydroxylation is 2. The maximum absolute atomic E-state index is 12.0. The minimum Gasteiger partial charge on any atom is -0.456 e. The number of tetrazole rings is 1. The van der Waals surface area contributed by atoms with Crippen LogP contribution in [0.25, 0.3) is 22.8 Å². The van der Waals surface area contributed by atoms with Crippen LogP contribution in [-0.2, 0) is 22.7 Å². The van der Waals surface area contributed by atoms with Gasteiger partial charge in [-0.3, -0.25) is 4.79 Å². The van der Waals surface area contributed by atoms with E-state index < -0.39 is 0 Å². The molecule has 30 heavy (non-hydrogen) atoms. The summed E-state index contributed by atoms with van der Waals surface area (Å²) in [7, 11) is 0. The van der Waals surface area contributed by atoms with E-state index in [9.17, 15) is 4.79 Å². The Balaban J connectivity index is 1.22. The van der Waals surface area contributed by atoms with Gasteiger partial charge in [0.2, 0.25) is 11.7 Å². The van der Waals surface area contributed by atoms with Crippen LogP contribution in [0.15, 0.2) is 59.0 Å². The summed E-state index contributed by atoms with van der Waals surface area (Å²) in [5.74, 6) is 0.856. The minimum absolute atomic E-state index is 0.0582. The third-order valence-electron chi connectivity index (χ3n) is 4.31. The van der Waals surface area contributed by atoms with E-state index in [4.69, 9.17) is 9.15 Å². The van der Waals surface area contributed by atoms with Crippen molar-refractivity contribution in [3.8, 4) is 22.8 Å². The number of nitrogens with zero attached hydrogens (tertiary/aromatic N) is 6. The van der Waals surface area contributed by atoms with Crippen molar-refractivity contribution in [3.63, 3.8) is 0 Å². The molecule has 4 rings (SSSR count). The molecule has 9 heteroatoms. The number of hydrogen-bond acceptors (Lipinski definition) is 8. The predicted molar refractivity (Wildman–Crippen MR) is 107 cm³/mol. The average molecular weight is 404 g/mol. The number of rotatable bonds is 8. The standard InChI is InChI=1S/C21H20N6O3/c1-15-7-5-10-17(13-15)21-24-22-18(30-21)14-29-19(28)11-6-12-27-25-20(23-26-27)16-8-3-2-4-9-16/h2-5,7-10,13H,6,11-12,14H2,1H3. The van der Waals surface area contributed by atoms with Crippen molar-refractivity contribution in [3.05, 3.63) is 66.1 Å². The molecule has 0 bridgehead atoms. The second-order valence-corrected chi connectivity index (χ2v) is 6.71. The van der Waals surface area contributed by atoms with Crippen LogP contribution in [0.3, 0.4) is 0 Å². The molecular weight excluding hydrogens is 384 g/mol. The fourth-order valence-corrected chi connectivity index (χ4v) is 2.83. The molecule has 0 aliphatic heterocycles. The molecule has 4 aromatic rings. The molecule has 0 saturated carbocycles. The molecule has 0 unspecified atom stereocenters. The van der Waals surface area contributed by atoms with E-state index in [0.717, 1.165) is 16.7 Å². The van der Waals surface area contributed by atoms with Crippen molar-refractivity contribution in [1.29, 1.82) is 0 Å². The number of carbonyl (C=O) groups excluding carboxylic acids is 1. The Morgan fingerprint density at radius 1 is 1.03 bits per heavy atom. The zero-order valence-electron chi connectivity index (χ0n) is 16.4. The molecule has 0 atom stereocenters. The maximum atomic E-state index is 12.0. The average Bonchev–Trinajstić information content (AvgIpc) is 3.43. The van der Waals surface area contributed by atoms with Gasteiger partial charge in [0.15, 0.2) is 6.61 Å². The second kappa shape index (κ2) is 9.08. The molecule has 0 aliphatic rings. The first-order valence-electron chi connectivity index (χ1n) is 9.55. The van der Waals surface area contributed by atoms with Crippen molar-refractivity contribution in [2.45, 2.75) is 32.9 Å². The summed E-state index contributed by atoms with van der Waals surface area (Å²) in [6, 6.07) is 17.3. The van der Waals surface area contributed by atoms with Crippen LogP contribution in [0.1, 0.15) is 24.3 Å². The zero-order chi connectivity index (χ0) is 20.8. The monoisotopic (exact) mass is 404 g/mol. The van der Waals surface area contributed by atoms with Crippen LogP contribution < -0.4 is 0 Å². The molecular formula is C21H20N6O3. The number of esters is 1. The van der Waals surface area contributed by atoms with Crippen LogP contribution in [0.2, 0.25) is 0 Å². The summed E-state index contributed by atoms with van der Waals surface area (Å²) < 4.78 is 10.8. The highest BCUT2D eigenvalue weighted by atomic mass is 16.5. The quantitative estimate of drug-likeness (QED) is 0.412. The van der Waals surface area contributed by atoms with Crippen LogP contribution >= 0.6 is 0 Å². The van der Waals surface area contributed by atoms with E-state index in [1.165, 1.54) is 4.80 Å². The van der Waals surface area contributed by atoms with Gasteiger partial charge in [-0.1, -0.05) is 48.0 Å². The van der Waals surface area contributed by atoms with Crippen molar-refractivity contribution in [2.75, 3.05) is 0 Å². The van der Waals surface area contributed by atoms with Gasteiger partial charge in [0.1, 0.15) is 0 Å². The Morgan fingerprint density at radius 2 is 1.87 bits per heavy atom. The minimum atomic E-state index is -0.353. The number of carbonyl (C=O) groups is 1. The van der Waals surface area contributed by atoms with Crippen LogP contribution in [0.4, 0.5) is 0 Å². The molecule has 0 fully saturated rings. The molecule has 0 saturated heterocycles. The van der Waals surface area contributed by atoms with E-state index in [-0.39, 0.29) is 24.9 Å². The van der Waals surface area contributed by atoms with Crippen molar-refractivity contribution in [2.24, 2.45) is 0 Å². The topological polar surface area (TPSA) is 109 Å². The SMILES string of the molecule is Cc1cccc(-c2nnc(COC(=O)CCCn3nnc(-c4ccccc4)n3)o2)c1. The highest BCUT2D eigenvalue weighted by molar-refractivity contribution is 5.69. The summed E-state index contributed by atoms with van der Waals surface area (Å²) >= 11 is 0. The smallest absolute Gasteiger partial charge is 0.306 e. The molecule has 2 heterocycles. The van der Waals surface area contributed by atoms with Gasteiger partial charge < -0.3 is 9.15 Å². The largest absolute Gasteiger partial charge is 0.456 e. The Hall–Kier alpha value is -3.88. The fourth-order valence-electron chi connectivity index (χ4n) is 2.83. The lowest BCUT2D eigenvalue weighted by atomic mass is 10.1. The number of aromatic nitrogens is 6. The molecule has 0 radical (unpaired) electrons. The Morgan fingerprint density at radius 3 is 2.70 bits per heavy atom. The normalized spacial score (nSPS) is 10.8. The van der Waals surface area contributed by atoms with E-state index in [2.05, 4.69) is 25.6 Å². The molecule has 9 nitrogen and oxygen atoms in total. The van der Waals surface area contributed by atoms with Crippen molar-refractivity contribution >= 4 is 5.97 Å². The highest BCUT2D eigenvalue weighted by Crippen LogP contribution is 2.19. The summed E-state index contributed by atoms with van der Waals surface area (Å²) in [5.41, 5.74) is 2.82. The third-order valence-corrected chi connectivity index (χ3v) is 4.31. The lowest BCUT2D eigenvalue weighted by Crippen LogP contribution is -2.08. The lowest BCUT2D eigenvalue weighted by molar-refractivity contribution is -0.145. The van der Waals surface area contributed by atoms with Crippen LogP contribution in [0, 0.1) is 6.92 Å². The van der Waals surface area contributed by atoms with Crippen LogP contribution in [-0.4, -0.2) is 36.4 Å². The molecule has 0 N–H and O–H groups in total. The van der Waals surface area contributed by atoms with Gasteiger partial charge in [-0.15, -0.1) is 20.4 Å². The molecule has 0 aliphatic carbocycles. The molecule has 2 aromatic heterocycles. The van der Waals surface area contributed by atoms with Gasteiger partial charge in [0.25, 0.3) is 5.89 Å². The van der Waals surface area contributed by atoms with E-state index in [1.807, 2.05) is 61.5 Å².